The largest absolute Gasteiger partial charge is 0.496 e. The number of benzene rings is 3. The number of aromatic nitrogens is 1. The van der Waals surface area contributed by atoms with Crippen LogP contribution in [0.1, 0.15) is 17.3 Å². The van der Waals surface area contributed by atoms with Crippen LogP contribution >= 0.6 is 0 Å². The first kappa shape index (κ1) is 19.6. The summed E-state index contributed by atoms with van der Waals surface area (Å²) in [5, 5.41) is 5.24. The van der Waals surface area contributed by atoms with Gasteiger partial charge in [0, 0.05) is 46.2 Å². The number of fused-ring (bicyclic) bond motifs is 3. The highest BCUT2D eigenvalue weighted by atomic mass is 16.5. The number of ether oxygens (including phenoxy) is 3. The van der Waals surface area contributed by atoms with Crippen LogP contribution in [-0.4, -0.2) is 31.8 Å². The van der Waals surface area contributed by atoms with Crippen molar-refractivity contribution in [1.82, 2.24) is 4.57 Å². The lowest BCUT2D eigenvalue weighted by Crippen LogP contribution is -2.13. The monoisotopic (exact) mass is 404 g/mol. The average Bonchev–Trinajstić information content (AvgIpc) is 3.11. The van der Waals surface area contributed by atoms with Crippen molar-refractivity contribution < 1.29 is 19.0 Å². The second-order valence-electron chi connectivity index (χ2n) is 6.85. The zero-order valence-electron chi connectivity index (χ0n) is 17.5. The molecule has 0 spiro atoms. The maximum atomic E-state index is 13.0. The highest BCUT2D eigenvalue weighted by molar-refractivity contribution is 6.11. The Bertz CT molecular complexity index is 1240. The molecule has 0 saturated carbocycles. The van der Waals surface area contributed by atoms with Gasteiger partial charge in [-0.3, -0.25) is 4.79 Å². The van der Waals surface area contributed by atoms with E-state index >= 15 is 0 Å². The molecular formula is C24H24N2O4. The second-order valence-corrected chi connectivity index (χ2v) is 6.85. The molecule has 0 atom stereocenters. The van der Waals surface area contributed by atoms with E-state index in [-0.39, 0.29) is 5.91 Å². The number of nitrogens with one attached hydrogen (secondary N) is 1. The molecule has 154 valence electrons. The predicted octanol–water partition coefficient (Wildman–Crippen LogP) is 5.09. The predicted molar refractivity (Wildman–Crippen MR) is 119 cm³/mol. The van der Waals surface area contributed by atoms with E-state index in [9.17, 15) is 4.79 Å². The number of rotatable bonds is 6. The van der Waals surface area contributed by atoms with Gasteiger partial charge in [0.2, 0.25) is 0 Å². The summed E-state index contributed by atoms with van der Waals surface area (Å²) in [5.74, 6) is 1.09. The summed E-state index contributed by atoms with van der Waals surface area (Å²) in [7, 11) is 4.59. The molecule has 0 aliphatic rings. The molecule has 1 amide bonds. The summed E-state index contributed by atoms with van der Waals surface area (Å²) in [5.41, 5.74) is 3.40. The average molecular weight is 404 g/mol. The topological polar surface area (TPSA) is 61.7 Å². The van der Waals surface area contributed by atoms with E-state index in [1.54, 1.807) is 19.2 Å². The van der Waals surface area contributed by atoms with Gasteiger partial charge < -0.3 is 24.1 Å². The van der Waals surface area contributed by atoms with Crippen molar-refractivity contribution in [2.24, 2.45) is 0 Å². The van der Waals surface area contributed by atoms with Crippen molar-refractivity contribution in [2.75, 3.05) is 26.6 Å². The number of amides is 1. The number of hydrogen-bond acceptors (Lipinski definition) is 4. The Labute approximate surface area is 175 Å². The third-order valence-corrected chi connectivity index (χ3v) is 5.30. The molecule has 6 heteroatoms. The molecule has 0 bridgehead atoms. The number of carbonyl (C=O) groups excluding carboxylic acids is 1. The lowest BCUT2D eigenvalue weighted by Gasteiger charge is -2.14. The Morgan fingerprint density at radius 1 is 0.833 bits per heavy atom. The van der Waals surface area contributed by atoms with Gasteiger partial charge in [-0.25, -0.2) is 0 Å². The number of methoxy groups -OCH3 is 3. The fourth-order valence-corrected chi connectivity index (χ4v) is 3.88. The first-order valence-electron chi connectivity index (χ1n) is 9.73. The van der Waals surface area contributed by atoms with Crippen LogP contribution in [0.2, 0.25) is 0 Å². The third kappa shape index (κ3) is 3.20. The van der Waals surface area contributed by atoms with Crippen LogP contribution in [0.3, 0.4) is 0 Å². The smallest absolute Gasteiger partial charge is 0.259 e. The van der Waals surface area contributed by atoms with Crippen LogP contribution in [0, 0.1) is 0 Å². The Hall–Kier alpha value is -3.67. The summed E-state index contributed by atoms with van der Waals surface area (Å²) in [6.07, 6.45) is 0. The van der Waals surface area contributed by atoms with E-state index < -0.39 is 0 Å². The molecule has 0 aliphatic heterocycles. The Balaban J connectivity index is 1.74. The van der Waals surface area contributed by atoms with Crippen molar-refractivity contribution in [3.8, 4) is 17.2 Å². The van der Waals surface area contributed by atoms with Crippen LogP contribution in [0.5, 0.6) is 17.2 Å². The summed E-state index contributed by atoms with van der Waals surface area (Å²) in [4.78, 5) is 13.0. The molecule has 0 radical (unpaired) electrons. The van der Waals surface area contributed by atoms with E-state index in [1.165, 1.54) is 19.7 Å². The number of aryl methyl sites for hydroxylation is 1. The molecule has 0 saturated heterocycles. The highest BCUT2D eigenvalue weighted by Gasteiger charge is 2.18. The van der Waals surface area contributed by atoms with E-state index in [0.717, 1.165) is 22.8 Å². The SMILES string of the molecule is CCn1c2ccccc2c2cc(NC(=O)c3cc(OC)c(OC)cc3OC)ccc21. The fraction of sp³-hybridized carbons (Fsp3) is 0.208. The number of para-hydroxylation sites is 1. The number of hydrogen-bond donors (Lipinski definition) is 1. The first-order valence-corrected chi connectivity index (χ1v) is 9.73. The zero-order chi connectivity index (χ0) is 21.3. The molecule has 4 aromatic rings. The third-order valence-electron chi connectivity index (χ3n) is 5.30. The van der Waals surface area contributed by atoms with E-state index in [4.69, 9.17) is 14.2 Å². The molecule has 0 fully saturated rings. The molecule has 1 heterocycles. The van der Waals surface area contributed by atoms with Crippen molar-refractivity contribution in [1.29, 1.82) is 0 Å². The number of nitrogens with zero attached hydrogens (tertiary/aromatic N) is 1. The minimum Gasteiger partial charge on any atom is -0.496 e. The molecule has 1 aromatic heterocycles. The van der Waals surface area contributed by atoms with Gasteiger partial charge in [0.15, 0.2) is 11.5 Å². The molecule has 1 N–H and O–H groups in total. The summed E-state index contributed by atoms with van der Waals surface area (Å²) in [6, 6.07) is 17.5. The first-order chi connectivity index (χ1) is 14.6. The lowest BCUT2D eigenvalue weighted by atomic mass is 10.1. The molecule has 4 rings (SSSR count). The van der Waals surface area contributed by atoms with Gasteiger partial charge in [0.1, 0.15) is 5.75 Å². The minimum atomic E-state index is -0.286. The van der Waals surface area contributed by atoms with Gasteiger partial charge in [-0.15, -0.1) is 0 Å². The second kappa shape index (κ2) is 7.99. The van der Waals surface area contributed by atoms with Crippen molar-refractivity contribution >= 4 is 33.4 Å². The van der Waals surface area contributed by atoms with E-state index in [1.807, 2.05) is 30.3 Å². The maximum absolute atomic E-state index is 13.0. The molecule has 6 nitrogen and oxygen atoms in total. The molecule has 0 unspecified atom stereocenters. The van der Waals surface area contributed by atoms with Crippen molar-refractivity contribution in [3.05, 3.63) is 60.2 Å². The molecule has 0 aliphatic carbocycles. The van der Waals surface area contributed by atoms with Gasteiger partial charge in [-0.2, -0.15) is 0 Å². The van der Waals surface area contributed by atoms with Crippen LogP contribution in [0.25, 0.3) is 21.8 Å². The highest BCUT2D eigenvalue weighted by Crippen LogP contribution is 2.35. The van der Waals surface area contributed by atoms with Crippen LogP contribution < -0.4 is 19.5 Å². The maximum Gasteiger partial charge on any atom is 0.259 e. The molecule has 30 heavy (non-hydrogen) atoms. The van der Waals surface area contributed by atoms with Gasteiger partial charge in [0.25, 0.3) is 5.91 Å². The summed E-state index contributed by atoms with van der Waals surface area (Å²) in [6.45, 7) is 3.00. The zero-order valence-corrected chi connectivity index (χ0v) is 17.5. The van der Waals surface area contributed by atoms with Gasteiger partial charge in [-0.1, -0.05) is 18.2 Å². The summed E-state index contributed by atoms with van der Waals surface area (Å²) >= 11 is 0. The number of carbonyl (C=O) groups is 1. The van der Waals surface area contributed by atoms with Crippen molar-refractivity contribution in [3.63, 3.8) is 0 Å². The van der Waals surface area contributed by atoms with Gasteiger partial charge in [-0.05, 0) is 31.2 Å². The standard InChI is InChI=1S/C24H24N2O4/c1-5-26-19-9-7-6-8-16(19)17-12-15(10-11-20(17)26)25-24(27)18-13-22(29-3)23(30-4)14-21(18)28-2/h6-14H,5H2,1-4H3,(H,25,27). The lowest BCUT2D eigenvalue weighted by molar-refractivity contribution is 0.102. The number of anilines is 1. The normalized spacial score (nSPS) is 10.9. The summed E-state index contributed by atoms with van der Waals surface area (Å²) < 4.78 is 18.3. The minimum absolute atomic E-state index is 0.286. The molecule has 3 aromatic carbocycles. The van der Waals surface area contributed by atoms with Gasteiger partial charge in [0.05, 0.1) is 26.9 Å². The van der Waals surface area contributed by atoms with E-state index in [2.05, 4.69) is 28.9 Å². The Morgan fingerprint density at radius 2 is 1.50 bits per heavy atom. The Morgan fingerprint density at radius 3 is 2.20 bits per heavy atom. The van der Waals surface area contributed by atoms with Crippen LogP contribution in [0.4, 0.5) is 5.69 Å². The quantitative estimate of drug-likeness (QED) is 0.486. The Kier molecular flexibility index (Phi) is 5.23. The van der Waals surface area contributed by atoms with Crippen LogP contribution in [0.15, 0.2) is 54.6 Å². The molecular weight excluding hydrogens is 380 g/mol. The van der Waals surface area contributed by atoms with E-state index in [0.29, 0.717) is 28.5 Å². The van der Waals surface area contributed by atoms with Gasteiger partial charge >= 0.3 is 0 Å². The fourth-order valence-electron chi connectivity index (χ4n) is 3.88. The van der Waals surface area contributed by atoms with Crippen molar-refractivity contribution in [2.45, 2.75) is 13.5 Å². The van der Waals surface area contributed by atoms with Crippen LogP contribution in [-0.2, 0) is 6.54 Å².